The molecule has 0 unspecified atom stereocenters. The predicted molar refractivity (Wildman–Crippen MR) is 49.1 cm³/mol. The van der Waals surface area contributed by atoms with Crippen LogP contribution in [0.3, 0.4) is 0 Å². The Hall–Kier alpha value is -0.250. The summed E-state index contributed by atoms with van der Waals surface area (Å²) in [7, 11) is 0. The molecule has 0 aliphatic carbocycles. The molecule has 0 saturated heterocycles. The van der Waals surface area contributed by atoms with Crippen molar-refractivity contribution >= 4 is 49.4 Å². The van der Waals surface area contributed by atoms with Crippen molar-refractivity contribution in [2.24, 2.45) is 0 Å². The average Bonchev–Trinajstić information content (AvgIpc) is 2.35. The molecule has 0 bridgehead atoms. The molecule has 1 nitrogen and oxygen atoms in total. The quantitative estimate of drug-likeness (QED) is 0.677. The van der Waals surface area contributed by atoms with Crippen LogP contribution in [-0.4, -0.2) is 0 Å². The fourth-order valence-corrected chi connectivity index (χ4v) is 3.20. The molecule has 2 N–H and O–H groups in total. The third-order valence-electron chi connectivity index (χ3n) is 1.27. The normalized spacial score (nSPS) is 10.9. The van der Waals surface area contributed by atoms with Crippen LogP contribution in [0.1, 0.15) is 0 Å². The first-order valence-electron chi connectivity index (χ1n) is 2.69. The predicted octanol–water partition coefficient (Wildman–Crippen LogP) is 3.20. The van der Waals surface area contributed by atoms with Crippen molar-refractivity contribution in [1.29, 1.82) is 0 Å². The minimum Gasteiger partial charge on any atom is -0.398 e. The Morgan fingerprint density at radius 2 is 2.30 bits per heavy atom. The van der Waals surface area contributed by atoms with Gasteiger partial charge in [0, 0.05) is 10.8 Å². The van der Waals surface area contributed by atoms with Gasteiger partial charge in [-0.15, -0.1) is 22.7 Å². The maximum atomic E-state index is 5.77. The van der Waals surface area contributed by atoms with E-state index in [1.54, 1.807) is 22.7 Å². The number of nitrogens with two attached hydrogens (primary N) is 1. The second-order valence-electron chi connectivity index (χ2n) is 1.94. The Kier molecular flexibility index (Phi) is 1.37. The first-order valence-corrected chi connectivity index (χ1v) is 4.77. The number of rotatable bonds is 0. The van der Waals surface area contributed by atoms with E-state index in [1.807, 2.05) is 11.4 Å². The minimum atomic E-state index is 0.813. The molecule has 52 valence electrons. The Bertz CT molecular complexity index is 363. The van der Waals surface area contributed by atoms with Crippen LogP contribution < -0.4 is 5.73 Å². The van der Waals surface area contributed by atoms with Crippen LogP contribution in [0.4, 0.5) is 5.69 Å². The van der Waals surface area contributed by atoms with Gasteiger partial charge >= 0.3 is 0 Å². The molecular weight excluding hydrogens is 186 g/mol. The standard InChI is InChI=1S/C6H4ClNS2/c7-5-1-3-4(8)2-9-6(3)10-5/h1-2H,8H2. The van der Waals surface area contributed by atoms with E-state index in [4.69, 9.17) is 17.3 Å². The molecule has 0 aromatic carbocycles. The molecule has 2 aromatic heterocycles. The van der Waals surface area contributed by atoms with Crippen LogP contribution in [0.2, 0.25) is 4.34 Å². The molecule has 2 heterocycles. The van der Waals surface area contributed by atoms with Gasteiger partial charge in [0.2, 0.25) is 0 Å². The second kappa shape index (κ2) is 2.12. The van der Waals surface area contributed by atoms with Gasteiger partial charge in [0.1, 0.15) is 0 Å². The first-order chi connectivity index (χ1) is 4.77. The van der Waals surface area contributed by atoms with Gasteiger partial charge in [-0.25, -0.2) is 0 Å². The maximum absolute atomic E-state index is 5.77. The summed E-state index contributed by atoms with van der Waals surface area (Å²) < 4.78 is 2.02. The van der Waals surface area contributed by atoms with Crippen molar-refractivity contribution in [2.75, 3.05) is 5.73 Å². The van der Waals surface area contributed by atoms with Gasteiger partial charge < -0.3 is 5.73 Å². The highest BCUT2D eigenvalue weighted by molar-refractivity contribution is 7.39. The molecular formula is C6H4ClNS2. The summed E-state index contributed by atoms with van der Waals surface area (Å²) in [6.45, 7) is 0. The van der Waals surface area contributed by atoms with Gasteiger partial charge in [-0.2, -0.15) is 0 Å². The zero-order valence-electron chi connectivity index (χ0n) is 4.93. The number of hydrogen-bond acceptors (Lipinski definition) is 3. The van der Waals surface area contributed by atoms with Gasteiger partial charge in [-0.05, 0) is 6.07 Å². The lowest BCUT2D eigenvalue weighted by molar-refractivity contribution is 1.95. The van der Waals surface area contributed by atoms with Crippen molar-refractivity contribution in [3.05, 3.63) is 15.8 Å². The molecule has 2 aromatic rings. The third kappa shape index (κ3) is 0.820. The number of anilines is 1. The molecule has 2 rings (SSSR count). The van der Waals surface area contributed by atoms with Crippen molar-refractivity contribution in [2.45, 2.75) is 0 Å². The van der Waals surface area contributed by atoms with Crippen LogP contribution in [0.5, 0.6) is 0 Å². The molecule has 0 saturated carbocycles. The fraction of sp³-hybridized carbons (Fsp3) is 0. The third-order valence-corrected chi connectivity index (χ3v) is 3.68. The van der Waals surface area contributed by atoms with E-state index in [-0.39, 0.29) is 0 Å². The highest BCUT2D eigenvalue weighted by Crippen LogP contribution is 2.37. The number of thiophene rings is 2. The highest BCUT2D eigenvalue weighted by Gasteiger charge is 2.03. The number of halogens is 1. The van der Waals surface area contributed by atoms with E-state index < -0.39 is 0 Å². The largest absolute Gasteiger partial charge is 0.398 e. The Morgan fingerprint density at radius 3 is 3.00 bits per heavy atom. The number of hydrogen-bond donors (Lipinski definition) is 1. The Balaban J connectivity index is 2.90. The second-order valence-corrected chi connectivity index (χ2v) is 4.76. The smallest absolute Gasteiger partial charge is 0.0950 e. The molecule has 0 amide bonds. The van der Waals surface area contributed by atoms with Gasteiger partial charge in [0.15, 0.2) is 0 Å². The van der Waals surface area contributed by atoms with Crippen LogP contribution in [-0.2, 0) is 0 Å². The summed E-state index contributed by atoms with van der Waals surface area (Å²) in [5.41, 5.74) is 6.48. The molecule has 0 fully saturated rings. The Morgan fingerprint density at radius 1 is 1.50 bits per heavy atom. The van der Waals surface area contributed by atoms with E-state index in [2.05, 4.69) is 0 Å². The number of fused-ring (bicyclic) bond motifs is 1. The molecule has 10 heavy (non-hydrogen) atoms. The lowest BCUT2D eigenvalue weighted by Crippen LogP contribution is -1.76. The van der Waals surface area contributed by atoms with E-state index in [0.29, 0.717) is 0 Å². The molecule has 0 atom stereocenters. The van der Waals surface area contributed by atoms with E-state index in [9.17, 15) is 0 Å². The van der Waals surface area contributed by atoms with E-state index in [1.165, 1.54) is 4.01 Å². The summed E-state index contributed by atoms with van der Waals surface area (Å²) in [6.07, 6.45) is 0. The van der Waals surface area contributed by atoms with E-state index in [0.717, 1.165) is 15.4 Å². The molecule has 0 aliphatic heterocycles. The maximum Gasteiger partial charge on any atom is 0.0950 e. The molecule has 0 spiro atoms. The van der Waals surface area contributed by atoms with Gasteiger partial charge in [-0.1, -0.05) is 11.6 Å². The van der Waals surface area contributed by atoms with Crippen LogP contribution >= 0.6 is 34.3 Å². The SMILES string of the molecule is Nc1csc2sc(Cl)cc12. The van der Waals surface area contributed by atoms with Crippen molar-refractivity contribution < 1.29 is 0 Å². The lowest BCUT2D eigenvalue weighted by Gasteiger charge is -1.78. The van der Waals surface area contributed by atoms with Crippen LogP contribution in [0.15, 0.2) is 11.4 Å². The number of nitrogen functional groups attached to an aromatic ring is 1. The van der Waals surface area contributed by atoms with Crippen LogP contribution in [0, 0.1) is 0 Å². The van der Waals surface area contributed by atoms with Gasteiger partial charge in [0.05, 0.1) is 14.0 Å². The average molecular weight is 190 g/mol. The van der Waals surface area contributed by atoms with Crippen molar-refractivity contribution in [1.82, 2.24) is 0 Å². The monoisotopic (exact) mass is 189 g/mol. The zero-order chi connectivity index (χ0) is 7.14. The van der Waals surface area contributed by atoms with Crippen LogP contribution in [0.25, 0.3) is 9.40 Å². The van der Waals surface area contributed by atoms with Crippen molar-refractivity contribution in [3.63, 3.8) is 0 Å². The summed E-state index contributed by atoms with van der Waals surface area (Å²) in [5.74, 6) is 0. The first kappa shape index (κ1) is 6.46. The minimum absolute atomic E-state index is 0.813. The molecule has 0 radical (unpaired) electrons. The van der Waals surface area contributed by atoms with Crippen molar-refractivity contribution in [3.8, 4) is 0 Å². The fourth-order valence-electron chi connectivity index (χ4n) is 0.815. The summed E-state index contributed by atoms with van der Waals surface area (Å²) >= 11 is 8.99. The zero-order valence-corrected chi connectivity index (χ0v) is 7.32. The topological polar surface area (TPSA) is 26.0 Å². The van der Waals surface area contributed by atoms with Gasteiger partial charge in [0.25, 0.3) is 0 Å². The Labute approximate surface area is 71.0 Å². The summed E-state index contributed by atoms with van der Waals surface area (Å²) in [6, 6.07) is 1.91. The lowest BCUT2D eigenvalue weighted by atomic mass is 10.4. The summed E-state index contributed by atoms with van der Waals surface area (Å²) in [5, 5.41) is 3.04. The molecule has 0 aliphatic rings. The highest BCUT2D eigenvalue weighted by atomic mass is 35.5. The van der Waals surface area contributed by atoms with Gasteiger partial charge in [-0.3, -0.25) is 0 Å². The van der Waals surface area contributed by atoms with E-state index >= 15 is 0 Å². The summed E-state index contributed by atoms with van der Waals surface area (Å²) in [4.78, 5) is 0. The molecule has 4 heteroatoms.